The number of para-hydroxylation sites is 3. The van der Waals surface area contributed by atoms with Crippen molar-refractivity contribution in [2.24, 2.45) is 5.41 Å². The Balaban J connectivity index is 1.39. The van der Waals surface area contributed by atoms with Crippen LogP contribution in [0, 0.1) is 5.41 Å². The lowest BCUT2D eigenvalue weighted by molar-refractivity contribution is -0.131. The summed E-state index contributed by atoms with van der Waals surface area (Å²) in [4.78, 5) is 46.5. The number of allylic oxidation sites excluding steroid dienone is 1. The Bertz CT molecular complexity index is 1600. The highest BCUT2D eigenvalue weighted by atomic mass is 16.5. The molecule has 0 saturated carbocycles. The third-order valence-corrected chi connectivity index (χ3v) is 8.69. The van der Waals surface area contributed by atoms with Crippen LogP contribution in [0.1, 0.15) is 48.8 Å². The number of nitrogens with one attached hydrogen (secondary N) is 1. The van der Waals surface area contributed by atoms with Gasteiger partial charge in [-0.15, -0.1) is 0 Å². The van der Waals surface area contributed by atoms with Crippen LogP contribution in [0.25, 0.3) is 0 Å². The van der Waals surface area contributed by atoms with Crippen molar-refractivity contribution in [1.82, 2.24) is 9.80 Å². The van der Waals surface area contributed by atoms with Crippen LogP contribution < -0.4 is 19.7 Å². The van der Waals surface area contributed by atoms with E-state index in [2.05, 4.69) is 19.2 Å². The van der Waals surface area contributed by atoms with E-state index in [4.69, 9.17) is 13.9 Å². The summed E-state index contributed by atoms with van der Waals surface area (Å²) in [5, 5.41) is 3.59. The predicted octanol–water partition coefficient (Wildman–Crippen LogP) is 4.90. The number of anilines is 2. The summed E-state index contributed by atoms with van der Waals surface area (Å²) in [5.74, 6) is 1.12. The average molecular weight is 599 g/mol. The molecule has 6 rings (SSSR count). The van der Waals surface area contributed by atoms with Crippen molar-refractivity contribution >= 4 is 29.0 Å². The van der Waals surface area contributed by atoms with E-state index in [9.17, 15) is 14.4 Å². The molecule has 0 spiro atoms. The second-order valence-corrected chi connectivity index (χ2v) is 12.2. The fourth-order valence-corrected chi connectivity index (χ4v) is 6.64. The first kappa shape index (κ1) is 29.3. The number of methoxy groups -OCH3 is 2. The Labute approximate surface area is 257 Å². The zero-order valence-electron chi connectivity index (χ0n) is 25.6. The van der Waals surface area contributed by atoms with Crippen LogP contribution >= 0.6 is 0 Å². The minimum Gasteiger partial charge on any atom is -0.493 e. The van der Waals surface area contributed by atoms with Crippen molar-refractivity contribution in [2.45, 2.75) is 32.7 Å². The van der Waals surface area contributed by atoms with Crippen LogP contribution in [-0.2, 0) is 9.59 Å². The van der Waals surface area contributed by atoms with Crippen LogP contribution in [0.15, 0.2) is 76.5 Å². The highest BCUT2D eigenvalue weighted by molar-refractivity contribution is 6.02. The van der Waals surface area contributed by atoms with Crippen LogP contribution in [0.4, 0.5) is 11.4 Å². The molecule has 1 aliphatic carbocycles. The molecule has 10 heteroatoms. The molecule has 2 aromatic carbocycles. The lowest BCUT2D eigenvalue weighted by Gasteiger charge is -2.40. The van der Waals surface area contributed by atoms with E-state index in [0.717, 1.165) is 22.6 Å². The number of amides is 2. The average Bonchev–Trinajstić information content (AvgIpc) is 3.52. The standard InChI is InChI=1S/C34H38N4O6/c1-34(2)19-24-30(26(39)20-34)31(22-9-7-12-27(42-3)32(22)43-4)38(25-11-6-5-10-23(25)35-24)21-29(40)36-14-16-37(17-15-36)33(41)28-13-8-18-44-28/h5-13,18,31,35H,14-17,19-21H2,1-4H3. The Kier molecular flexibility index (Phi) is 7.84. The molecule has 1 aromatic heterocycles. The van der Waals surface area contributed by atoms with Crippen LogP contribution in [0.2, 0.25) is 0 Å². The molecule has 1 fully saturated rings. The summed E-state index contributed by atoms with van der Waals surface area (Å²) >= 11 is 0. The summed E-state index contributed by atoms with van der Waals surface area (Å²) in [7, 11) is 3.17. The highest BCUT2D eigenvalue weighted by Gasteiger charge is 2.43. The van der Waals surface area contributed by atoms with E-state index in [1.165, 1.54) is 6.26 Å². The number of ketones is 1. The van der Waals surface area contributed by atoms with Crippen molar-refractivity contribution < 1.29 is 28.3 Å². The molecule has 3 aromatic rings. The number of Topliss-reactive ketones (excluding diaryl/α,β-unsaturated/α-hetero) is 1. The van der Waals surface area contributed by atoms with Gasteiger partial charge in [-0.25, -0.2) is 0 Å². The van der Waals surface area contributed by atoms with Gasteiger partial charge in [0, 0.05) is 49.4 Å². The van der Waals surface area contributed by atoms with Crippen molar-refractivity contribution in [3.05, 3.63) is 83.5 Å². The maximum Gasteiger partial charge on any atom is 0.289 e. The normalized spacial score (nSPS) is 19.5. The van der Waals surface area contributed by atoms with Crippen LogP contribution in [-0.4, -0.2) is 74.3 Å². The van der Waals surface area contributed by atoms with Crippen LogP contribution in [0.3, 0.4) is 0 Å². The number of furan rings is 1. The maximum atomic E-state index is 14.1. The topological polar surface area (TPSA) is 105 Å². The third-order valence-electron chi connectivity index (χ3n) is 8.69. The second-order valence-electron chi connectivity index (χ2n) is 12.2. The van der Waals surface area contributed by atoms with Gasteiger partial charge in [0.1, 0.15) is 0 Å². The van der Waals surface area contributed by atoms with E-state index in [1.807, 2.05) is 47.4 Å². The van der Waals surface area contributed by atoms with Crippen molar-refractivity contribution in [3.63, 3.8) is 0 Å². The first-order valence-corrected chi connectivity index (χ1v) is 14.9. The maximum absolute atomic E-state index is 14.1. The molecule has 2 aliphatic heterocycles. The number of benzene rings is 2. The summed E-state index contributed by atoms with van der Waals surface area (Å²) < 4.78 is 16.8. The van der Waals surface area contributed by atoms with Gasteiger partial charge in [0.15, 0.2) is 23.0 Å². The minimum absolute atomic E-state index is 0.0172. The number of piperazine rings is 1. The number of nitrogens with zero attached hydrogens (tertiary/aromatic N) is 3. The fourth-order valence-electron chi connectivity index (χ4n) is 6.64. The van der Waals surface area contributed by atoms with E-state index in [1.54, 1.807) is 36.2 Å². The molecule has 1 unspecified atom stereocenters. The molecule has 0 radical (unpaired) electrons. The van der Waals surface area contributed by atoms with Gasteiger partial charge in [0.25, 0.3) is 5.91 Å². The van der Waals surface area contributed by atoms with Gasteiger partial charge in [-0.1, -0.05) is 38.1 Å². The highest BCUT2D eigenvalue weighted by Crippen LogP contribution is 2.50. The fraction of sp³-hybridized carbons (Fsp3) is 0.382. The Morgan fingerprint density at radius 1 is 0.932 bits per heavy atom. The summed E-state index contributed by atoms with van der Waals surface area (Å²) in [6.45, 7) is 5.82. The molecule has 230 valence electrons. The quantitative estimate of drug-likeness (QED) is 0.428. The number of fused-ring (bicyclic) bond motifs is 1. The molecule has 2 amide bonds. The minimum atomic E-state index is -0.611. The molecular formula is C34H38N4O6. The lowest BCUT2D eigenvalue weighted by atomic mass is 9.73. The molecule has 0 bridgehead atoms. The number of ether oxygens (including phenoxy) is 2. The van der Waals surface area contributed by atoms with Gasteiger partial charge < -0.3 is 33.9 Å². The van der Waals surface area contributed by atoms with Crippen molar-refractivity contribution in [1.29, 1.82) is 0 Å². The Morgan fingerprint density at radius 2 is 1.68 bits per heavy atom. The summed E-state index contributed by atoms with van der Waals surface area (Å²) in [6.07, 6.45) is 2.55. The molecule has 1 saturated heterocycles. The third kappa shape index (κ3) is 5.40. The first-order chi connectivity index (χ1) is 21.2. The van der Waals surface area contributed by atoms with Crippen LogP contribution in [0.5, 0.6) is 11.5 Å². The molecule has 1 N–H and O–H groups in total. The largest absolute Gasteiger partial charge is 0.493 e. The Morgan fingerprint density at radius 3 is 2.39 bits per heavy atom. The van der Waals surface area contributed by atoms with Gasteiger partial charge in [0.2, 0.25) is 5.91 Å². The summed E-state index contributed by atoms with van der Waals surface area (Å²) in [5.41, 5.74) is 3.65. The SMILES string of the molecule is COc1cccc(C2C3=C(CC(C)(C)CC3=O)Nc3ccccc3N2CC(=O)N2CCN(C(=O)c3ccco3)CC2)c1OC. The Hall–Kier alpha value is -4.73. The zero-order valence-corrected chi connectivity index (χ0v) is 25.6. The van der Waals surface area contributed by atoms with Gasteiger partial charge in [-0.2, -0.15) is 0 Å². The predicted molar refractivity (Wildman–Crippen MR) is 166 cm³/mol. The van der Waals surface area contributed by atoms with Gasteiger partial charge in [-0.3, -0.25) is 14.4 Å². The van der Waals surface area contributed by atoms with Gasteiger partial charge >= 0.3 is 0 Å². The molecule has 10 nitrogen and oxygen atoms in total. The van der Waals surface area contributed by atoms with Gasteiger partial charge in [0.05, 0.1) is 44.4 Å². The van der Waals surface area contributed by atoms with Crippen molar-refractivity contribution in [3.8, 4) is 11.5 Å². The molecule has 1 atom stereocenters. The number of hydrogen-bond acceptors (Lipinski definition) is 8. The lowest BCUT2D eigenvalue weighted by Crippen LogP contribution is -2.53. The molecule has 3 aliphatic rings. The number of carbonyl (C=O) groups excluding carboxylic acids is 3. The van der Waals surface area contributed by atoms with E-state index in [0.29, 0.717) is 56.1 Å². The number of rotatable bonds is 6. The molecule has 44 heavy (non-hydrogen) atoms. The number of carbonyl (C=O) groups is 3. The van der Waals surface area contributed by atoms with E-state index >= 15 is 0 Å². The van der Waals surface area contributed by atoms with Gasteiger partial charge in [-0.05, 0) is 42.2 Å². The summed E-state index contributed by atoms with van der Waals surface area (Å²) in [6, 6.07) is 16.2. The molecule has 3 heterocycles. The van der Waals surface area contributed by atoms with Crippen molar-refractivity contribution in [2.75, 3.05) is 57.2 Å². The second kappa shape index (κ2) is 11.7. The zero-order chi connectivity index (χ0) is 31.0. The smallest absolute Gasteiger partial charge is 0.289 e. The van der Waals surface area contributed by atoms with E-state index < -0.39 is 6.04 Å². The first-order valence-electron chi connectivity index (χ1n) is 14.9. The monoisotopic (exact) mass is 598 g/mol. The number of hydrogen-bond donors (Lipinski definition) is 1. The molecular weight excluding hydrogens is 560 g/mol. The van der Waals surface area contributed by atoms with E-state index in [-0.39, 0.29) is 35.3 Å².